The fraction of sp³-hybridized carbons (Fsp3) is 0.154. The summed E-state index contributed by atoms with van der Waals surface area (Å²) >= 11 is 6.28. The smallest absolute Gasteiger partial charge is 0.282 e. The van der Waals surface area contributed by atoms with E-state index in [9.17, 15) is 9.59 Å². The van der Waals surface area contributed by atoms with Crippen LogP contribution in [0.3, 0.4) is 0 Å². The molecule has 156 valence electrons. The van der Waals surface area contributed by atoms with Gasteiger partial charge in [-0.1, -0.05) is 53.6 Å². The number of aryl methyl sites for hydroxylation is 3. The van der Waals surface area contributed by atoms with Crippen molar-refractivity contribution in [3.05, 3.63) is 99.2 Å². The number of nitrogens with zero attached hydrogens (tertiary/aromatic N) is 1. The largest absolute Gasteiger partial charge is 0.350 e. The fourth-order valence-corrected chi connectivity index (χ4v) is 3.79. The number of hydrogen-bond acceptors (Lipinski definition) is 3. The van der Waals surface area contributed by atoms with E-state index in [1.165, 1.54) is 4.90 Å². The van der Waals surface area contributed by atoms with Gasteiger partial charge in [0, 0.05) is 10.7 Å². The normalized spacial score (nSPS) is 13.9. The van der Waals surface area contributed by atoms with Crippen LogP contribution in [0.4, 0.5) is 11.4 Å². The Morgan fingerprint density at radius 2 is 1.52 bits per heavy atom. The van der Waals surface area contributed by atoms with E-state index in [-0.39, 0.29) is 17.5 Å². The first-order valence-electron chi connectivity index (χ1n) is 10.1. The van der Waals surface area contributed by atoms with Crippen molar-refractivity contribution in [3.63, 3.8) is 0 Å². The Labute approximate surface area is 187 Å². The summed E-state index contributed by atoms with van der Waals surface area (Å²) in [6, 6.07) is 18.6. The second-order valence-corrected chi connectivity index (χ2v) is 8.27. The van der Waals surface area contributed by atoms with Crippen molar-refractivity contribution in [2.45, 2.75) is 27.7 Å². The number of nitrogens with one attached hydrogen (secondary N) is 1. The lowest BCUT2D eigenvalue weighted by Gasteiger charge is -2.16. The van der Waals surface area contributed by atoms with Crippen molar-refractivity contribution in [1.29, 1.82) is 0 Å². The summed E-state index contributed by atoms with van der Waals surface area (Å²) in [7, 11) is 0. The topological polar surface area (TPSA) is 49.4 Å². The lowest BCUT2D eigenvalue weighted by Crippen LogP contribution is -2.32. The lowest BCUT2D eigenvalue weighted by atomic mass is 9.99. The van der Waals surface area contributed by atoms with Crippen molar-refractivity contribution in [2.75, 3.05) is 10.2 Å². The highest BCUT2D eigenvalue weighted by Gasteiger charge is 2.40. The summed E-state index contributed by atoms with van der Waals surface area (Å²) < 4.78 is 0. The molecule has 0 aliphatic carbocycles. The highest BCUT2D eigenvalue weighted by atomic mass is 35.5. The first-order chi connectivity index (χ1) is 14.8. The molecule has 0 saturated heterocycles. The molecule has 5 heteroatoms. The maximum atomic E-state index is 13.5. The summed E-state index contributed by atoms with van der Waals surface area (Å²) in [4.78, 5) is 28.2. The summed E-state index contributed by atoms with van der Waals surface area (Å²) in [5, 5.41) is 3.80. The zero-order valence-corrected chi connectivity index (χ0v) is 18.7. The molecule has 0 aromatic heterocycles. The summed E-state index contributed by atoms with van der Waals surface area (Å²) in [6.07, 6.45) is 0. The Bertz CT molecular complexity index is 1240. The molecule has 0 saturated carbocycles. The minimum absolute atomic E-state index is 0.249. The van der Waals surface area contributed by atoms with Gasteiger partial charge in [-0.25, -0.2) is 4.90 Å². The van der Waals surface area contributed by atoms with E-state index in [2.05, 4.69) is 5.32 Å². The average molecular weight is 431 g/mol. The van der Waals surface area contributed by atoms with Crippen LogP contribution in [0.1, 0.15) is 27.8 Å². The van der Waals surface area contributed by atoms with Gasteiger partial charge in [0.25, 0.3) is 11.8 Å². The molecule has 0 unspecified atom stereocenters. The fourth-order valence-electron chi connectivity index (χ4n) is 3.62. The van der Waals surface area contributed by atoms with Crippen LogP contribution >= 0.6 is 11.6 Å². The predicted octanol–water partition coefficient (Wildman–Crippen LogP) is 5.97. The van der Waals surface area contributed by atoms with Crippen LogP contribution in [0.25, 0.3) is 5.57 Å². The van der Waals surface area contributed by atoms with Gasteiger partial charge in [-0.2, -0.15) is 0 Å². The van der Waals surface area contributed by atoms with E-state index in [1.54, 1.807) is 18.2 Å². The molecule has 0 spiro atoms. The standard InChI is InChI=1S/C26H23ClN2O2/c1-15-8-12-20(13-9-15)29-25(30)23(19-11-10-16(2)17(3)14-19)24(26(29)31)28-22-7-5-6-21(27)18(22)4/h5-14,28H,1-4H3. The molecule has 0 atom stereocenters. The molecule has 4 rings (SSSR count). The van der Waals surface area contributed by atoms with E-state index in [4.69, 9.17) is 11.6 Å². The second kappa shape index (κ2) is 8.05. The van der Waals surface area contributed by atoms with Gasteiger partial charge in [-0.05, 0) is 74.2 Å². The predicted molar refractivity (Wildman–Crippen MR) is 126 cm³/mol. The molecule has 1 heterocycles. The minimum Gasteiger partial charge on any atom is -0.350 e. The number of carbonyl (C=O) groups excluding carboxylic acids is 2. The average Bonchev–Trinajstić information content (AvgIpc) is 2.98. The number of halogens is 1. The number of hydrogen-bond donors (Lipinski definition) is 1. The van der Waals surface area contributed by atoms with Gasteiger partial charge in [0.1, 0.15) is 5.70 Å². The molecule has 2 amide bonds. The first-order valence-corrected chi connectivity index (χ1v) is 10.4. The molecule has 1 aliphatic heterocycles. The van der Waals surface area contributed by atoms with Gasteiger partial charge in [0.15, 0.2) is 0 Å². The molecule has 1 N–H and O–H groups in total. The van der Waals surface area contributed by atoms with E-state index in [0.29, 0.717) is 27.5 Å². The quantitative estimate of drug-likeness (QED) is 0.518. The van der Waals surface area contributed by atoms with Crippen molar-refractivity contribution >= 4 is 40.4 Å². The summed E-state index contributed by atoms with van der Waals surface area (Å²) in [5.74, 6) is -0.735. The van der Waals surface area contributed by atoms with Crippen LogP contribution in [-0.2, 0) is 9.59 Å². The van der Waals surface area contributed by atoms with Crippen LogP contribution in [0.2, 0.25) is 5.02 Å². The zero-order valence-electron chi connectivity index (χ0n) is 17.9. The third-order valence-electron chi connectivity index (χ3n) is 5.70. The van der Waals surface area contributed by atoms with E-state index in [0.717, 1.165) is 22.3 Å². The van der Waals surface area contributed by atoms with Gasteiger partial charge in [0.05, 0.1) is 11.3 Å². The molecular weight excluding hydrogens is 408 g/mol. The molecule has 0 bridgehead atoms. The van der Waals surface area contributed by atoms with E-state index < -0.39 is 0 Å². The number of benzene rings is 3. The molecule has 3 aromatic rings. The monoisotopic (exact) mass is 430 g/mol. The first kappa shape index (κ1) is 20.9. The van der Waals surface area contributed by atoms with Gasteiger partial charge in [-0.3, -0.25) is 9.59 Å². The van der Waals surface area contributed by atoms with Crippen molar-refractivity contribution < 1.29 is 9.59 Å². The van der Waals surface area contributed by atoms with Crippen LogP contribution in [0.5, 0.6) is 0 Å². The third-order valence-corrected chi connectivity index (χ3v) is 6.11. The van der Waals surface area contributed by atoms with Crippen molar-refractivity contribution in [3.8, 4) is 0 Å². The van der Waals surface area contributed by atoms with Crippen LogP contribution in [-0.4, -0.2) is 11.8 Å². The highest BCUT2D eigenvalue weighted by Crippen LogP contribution is 2.35. The molecular formula is C26H23ClN2O2. The number of anilines is 2. The highest BCUT2D eigenvalue weighted by molar-refractivity contribution is 6.46. The van der Waals surface area contributed by atoms with Crippen LogP contribution in [0, 0.1) is 27.7 Å². The Kier molecular flexibility index (Phi) is 5.42. The third kappa shape index (κ3) is 3.75. The Balaban J connectivity index is 1.87. The van der Waals surface area contributed by atoms with Crippen LogP contribution < -0.4 is 10.2 Å². The molecule has 1 aliphatic rings. The molecule has 0 radical (unpaired) electrons. The zero-order chi connectivity index (χ0) is 22.3. The van der Waals surface area contributed by atoms with Crippen molar-refractivity contribution in [2.24, 2.45) is 0 Å². The number of carbonyl (C=O) groups is 2. The van der Waals surface area contributed by atoms with Gasteiger partial charge < -0.3 is 5.32 Å². The number of imide groups is 1. The SMILES string of the molecule is Cc1ccc(N2C(=O)C(Nc3cccc(Cl)c3C)=C(c3ccc(C)c(C)c3)C2=O)cc1. The van der Waals surface area contributed by atoms with Crippen LogP contribution in [0.15, 0.2) is 66.4 Å². The molecule has 31 heavy (non-hydrogen) atoms. The van der Waals surface area contributed by atoms with Gasteiger partial charge in [-0.15, -0.1) is 0 Å². The molecule has 0 fully saturated rings. The minimum atomic E-state index is -0.388. The van der Waals surface area contributed by atoms with Gasteiger partial charge in [0.2, 0.25) is 0 Å². The van der Waals surface area contributed by atoms with E-state index >= 15 is 0 Å². The summed E-state index contributed by atoms with van der Waals surface area (Å²) in [5.41, 5.74) is 6.58. The maximum absolute atomic E-state index is 13.5. The van der Waals surface area contributed by atoms with Gasteiger partial charge >= 0.3 is 0 Å². The Morgan fingerprint density at radius 3 is 2.19 bits per heavy atom. The summed E-state index contributed by atoms with van der Waals surface area (Å²) in [6.45, 7) is 7.85. The molecule has 3 aromatic carbocycles. The number of rotatable bonds is 4. The van der Waals surface area contributed by atoms with E-state index in [1.807, 2.05) is 70.2 Å². The molecule has 4 nitrogen and oxygen atoms in total. The lowest BCUT2D eigenvalue weighted by molar-refractivity contribution is -0.120. The maximum Gasteiger partial charge on any atom is 0.282 e. The Hall–Kier alpha value is -3.37. The Morgan fingerprint density at radius 1 is 0.806 bits per heavy atom. The number of amides is 2. The van der Waals surface area contributed by atoms with Crippen molar-refractivity contribution in [1.82, 2.24) is 0 Å². The second-order valence-electron chi connectivity index (χ2n) is 7.87.